The molecular weight excluding hydrogens is 344 g/mol. The molecule has 0 spiro atoms. The normalized spacial score (nSPS) is 11.1. The van der Waals surface area contributed by atoms with Crippen LogP contribution in [-0.2, 0) is 5.75 Å². The molecule has 0 fully saturated rings. The van der Waals surface area contributed by atoms with E-state index in [0.717, 1.165) is 26.6 Å². The number of benzene rings is 1. The van der Waals surface area contributed by atoms with Crippen molar-refractivity contribution in [1.82, 2.24) is 15.2 Å². The van der Waals surface area contributed by atoms with Gasteiger partial charge in [0.25, 0.3) is 0 Å². The molecule has 0 aliphatic rings. The van der Waals surface area contributed by atoms with Crippen molar-refractivity contribution in [2.75, 3.05) is 5.32 Å². The molecule has 0 bridgehead atoms. The molecule has 1 aromatic carbocycles. The molecule has 3 aromatic rings. The van der Waals surface area contributed by atoms with Crippen LogP contribution in [0.3, 0.4) is 0 Å². The van der Waals surface area contributed by atoms with Gasteiger partial charge in [-0.05, 0) is 24.6 Å². The summed E-state index contributed by atoms with van der Waals surface area (Å²) in [6, 6.07) is 8.23. The van der Waals surface area contributed by atoms with Gasteiger partial charge in [0.1, 0.15) is 0 Å². The summed E-state index contributed by atoms with van der Waals surface area (Å²) in [5.74, 6) is 1.33. The largest absolute Gasteiger partial charge is 0.330 e. The van der Waals surface area contributed by atoms with E-state index in [1.54, 1.807) is 34.4 Å². The Morgan fingerprint density at radius 2 is 2.13 bits per heavy atom. The summed E-state index contributed by atoms with van der Waals surface area (Å²) in [7, 11) is 0. The molecule has 0 saturated heterocycles. The van der Waals surface area contributed by atoms with Gasteiger partial charge in [0, 0.05) is 22.7 Å². The Balaban J connectivity index is 1.58. The van der Waals surface area contributed by atoms with Crippen LogP contribution in [0.2, 0.25) is 0 Å². The first-order valence-electron chi connectivity index (χ1n) is 7.34. The summed E-state index contributed by atoms with van der Waals surface area (Å²) in [6.07, 6.45) is 0. The van der Waals surface area contributed by atoms with Crippen LogP contribution in [0.25, 0.3) is 0 Å². The molecular formula is C16H18N4S3. The molecule has 2 aromatic heterocycles. The zero-order valence-electron chi connectivity index (χ0n) is 13.2. The smallest absolute Gasteiger partial charge is 0.210 e. The summed E-state index contributed by atoms with van der Waals surface area (Å²) < 4.78 is 0.958. The summed E-state index contributed by atoms with van der Waals surface area (Å²) in [4.78, 5) is 4.65. The maximum absolute atomic E-state index is 4.65. The van der Waals surface area contributed by atoms with Crippen molar-refractivity contribution in [1.29, 1.82) is 0 Å². The lowest BCUT2D eigenvalue weighted by atomic mass is 10.2. The second-order valence-corrected chi connectivity index (χ2v) is 8.58. The average molecular weight is 363 g/mol. The van der Waals surface area contributed by atoms with Crippen molar-refractivity contribution in [3.8, 4) is 0 Å². The van der Waals surface area contributed by atoms with Gasteiger partial charge in [0.05, 0.1) is 10.7 Å². The zero-order valence-corrected chi connectivity index (χ0v) is 15.7. The fourth-order valence-electron chi connectivity index (χ4n) is 1.95. The fraction of sp³-hybridized carbons (Fsp3) is 0.312. The minimum atomic E-state index is 0.491. The highest BCUT2D eigenvalue weighted by Gasteiger charge is 2.09. The van der Waals surface area contributed by atoms with Gasteiger partial charge in [0.2, 0.25) is 5.13 Å². The van der Waals surface area contributed by atoms with E-state index >= 15 is 0 Å². The molecule has 23 heavy (non-hydrogen) atoms. The molecule has 0 radical (unpaired) electrons. The number of hydrogen-bond donors (Lipinski definition) is 1. The molecule has 0 unspecified atom stereocenters. The second kappa shape index (κ2) is 7.42. The number of aromatic nitrogens is 3. The van der Waals surface area contributed by atoms with Crippen LogP contribution in [0.4, 0.5) is 10.8 Å². The molecule has 0 aliphatic carbocycles. The van der Waals surface area contributed by atoms with Gasteiger partial charge in [-0.1, -0.05) is 49.1 Å². The third-order valence-electron chi connectivity index (χ3n) is 3.08. The third-order valence-corrected chi connectivity index (χ3v) is 6.28. The minimum absolute atomic E-state index is 0.491. The van der Waals surface area contributed by atoms with Crippen LogP contribution in [0, 0.1) is 6.92 Å². The van der Waals surface area contributed by atoms with Gasteiger partial charge in [-0.3, -0.25) is 0 Å². The lowest BCUT2D eigenvalue weighted by Gasteiger charge is -2.01. The van der Waals surface area contributed by atoms with E-state index in [4.69, 9.17) is 0 Å². The number of rotatable bonds is 6. The standard InChI is InChI=1S/C16H18N4S3/c1-10(2)14-17-13(8-21-14)9-22-16-20-19-15(23-16)18-12-6-4-5-11(3)7-12/h4-8,10H,9H2,1-3H3,(H,18,19). The van der Waals surface area contributed by atoms with Crippen molar-refractivity contribution in [2.45, 2.75) is 36.8 Å². The molecule has 2 heterocycles. The average Bonchev–Trinajstić information content (AvgIpc) is 3.14. The first-order chi connectivity index (χ1) is 11.1. The predicted molar refractivity (Wildman–Crippen MR) is 100 cm³/mol. The highest BCUT2D eigenvalue weighted by molar-refractivity contribution is 8.00. The first-order valence-corrected chi connectivity index (χ1v) is 10.0. The van der Waals surface area contributed by atoms with Gasteiger partial charge in [-0.25, -0.2) is 4.98 Å². The van der Waals surface area contributed by atoms with Crippen molar-refractivity contribution in [3.63, 3.8) is 0 Å². The maximum atomic E-state index is 4.65. The highest BCUT2D eigenvalue weighted by atomic mass is 32.2. The Morgan fingerprint density at radius 1 is 1.26 bits per heavy atom. The maximum Gasteiger partial charge on any atom is 0.210 e. The molecule has 0 atom stereocenters. The van der Waals surface area contributed by atoms with Crippen molar-refractivity contribution < 1.29 is 0 Å². The highest BCUT2D eigenvalue weighted by Crippen LogP contribution is 2.31. The Hall–Kier alpha value is -1.44. The summed E-state index contributed by atoms with van der Waals surface area (Å²) >= 11 is 4.99. The molecule has 0 aliphatic heterocycles. The molecule has 0 amide bonds. The quantitative estimate of drug-likeness (QED) is 0.590. The van der Waals surface area contributed by atoms with Crippen molar-refractivity contribution in [2.24, 2.45) is 0 Å². The van der Waals surface area contributed by atoms with Crippen LogP contribution >= 0.6 is 34.4 Å². The molecule has 3 rings (SSSR count). The number of thiazole rings is 1. The number of nitrogens with zero attached hydrogens (tertiary/aromatic N) is 3. The number of thioether (sulfide) groups is 1. The summed E-state index contributed by atoms with van der Waals surface area (Å²) in [5.41, 5.74) is 3.38. The lowest BCUT2D eigenvalue weighted by Crippen LogP contribution is -1.89. The van der Waals surface area contributed by atoms with E-state index in [2.05, 4.69) is 58.8 Å². The Labute approximate surface area is 148 Å². The minimum Gasteiger partial charge on any atom is -0.330 e. The van der Waals surface area contributed by atoms with Crippen LogP contribution in [-0.4, -0.2) is 15.2 Å². The number of nitrogens with one attached hydrogen (secondary N) is 1. The van der Waals surface area contributed by atoms with Crippen molar-refractivity contribution in [3.05, 3.63) is 45.9 Å². The summed E-state index contributed by atoms with van der Waals surface area (Å²) in [6.45, 7) is 6.42. The van der Waals surface area contributed by atoms with E-state index in [-0.39, 0.29) is 0 Å². The van der Waals surface area contributed by atoms with Gasteiger partial charge in [-0.2, -0.15) is 0 Å². The van der Waals surface area contributed by atoms with Crippen LogP contribution in [0.15, 0.2) is 34.0 Å². The molecule has 1 N–H and O–H groups in total. The summed E-state index contributed by atoms with van der Waals surface area (Å²) in [5, 5.41) is 15.9. The fourth-order valence-corrected chi connectivity index (χ4v) is 4.56. The van der Waals surface area contributed by atoms with Gasteiger partial charge in [-0.15, -0.1) is 21.5 Å². The monoisotopic (exact) mass is 362 g/mol. The first kappa shape index (κ1) is 16.4. The van der Waals surface area contributed by atoms with E-state index in [1.165, 1.54) is 10.6 Å². The van der Waals surface area contributed by atoms with Gasteiger partial charge >= 0.3 is 0 Å². The Morgan fingerprint density at radius 3 is 2.87 bits per heavy atom. The Kier molecular flexibility index (Phi) is 5.30. The second-order valence-electron chi connectivity index (χ2n) is 5.49. The lowest BCUT2D eigenvalue weighted by molar-refractivity contribution is 0.846. The number of hydrogen-bond acceptors (Lipinski definition) is 7. The van der Waals surface area contributed by atoms with Gasteiger partial charge in [0.15, 0.2) is 4.34 Å². The molecule has 4 nitrogen and oxygen atoms in total. The Bertz CT molecular complexity index is 779. The molecule has 7 heteroatoms. The van der Waals surface area contributed by atoms with Crippen LogP contribution in [0.1, 0.15) is 36.0 Å². The molecule has 0 saturated carbocycles. The van der Waals surface area contributed by atoms with E-state index in [1.807, 2.05) is 12.1 Å². The van der Waals surface area contributed by atoms with E-state index < -0.39 is 0 Å². The SMILES string of the molecule is Cc1cccc(Nc2nnc(SCc3csc(C(C)C)n3)s2)c1. The molecule has 120 valence electrons. The van der Waals surface area contributed by atoms with Crippen molar-refractivity contribution >= 4 is 45.3 Å². The zero-order chi connectivity index (χ0) is 16.2. The van der Waals surface area contributed by atoms with E-state index in [0.29, 0.717) is 5.92 Å². The number of anilines is 2. The topological polar surface area (TPSA) is 50.7 Å². The predicted octanol–water partition coefficient (Wildman–Crippen LogP) is 5.46. The third kappa shape index (κ3) is 4.53. The van der Waals surface area contributed by atoms with Crippen LogP contribution in [0.5, 0.6) is 0 Å². The van der Waals surface area contributed by atoms with Gasteiger partial charge < -0.3 is 5.32 Å². The van der Waals surface area contributed by atoms with Crippen LogP contribution < -0.4 is 5.32 Å². The van der Waals surface area contributed by atoms with E-state index in [9.17, 15) is 0 Å². The number of aryl methyl sites for hydroxylation is 1.